The van der Waals surface area contributed by atoms with Crippen molar-refractivity contribution < 1.29 is 9.47 Å². The molecule has 0 bridgehead atoms. The monoisotopic (exact) mass is 502 g/mol. The van der Waals surface area contributed by atoms with E-state index in [0.717, 1.165) is 41.8 Å². The smallest absolute Gasteiger partial charge is 0.155 e. The zero-order valence-electron chi connectivity index (χ0n) is 24.1. The van der Waals surface area contributed by atoms with Gasteiger partial charge in [-0.1, -0.05) is 58.4 Å². The Labute approximate surface area is 221 Å². The third kappa shape index (κ3) is 4.97. The molecule has 0 radical (unpaired) electrons. The van der Waals surface area contributed by atoms with Gasteiger partial charge in [-0.3, -0.25) is 0 Å². The molecule has 4 rings (SSSR count). The van der Waals surface area contributed by atoms with Crippen LogP contribution < -0.4 is 0 Å². The summed E-state index contributed by atoms with van der Waals surface area (Å²) in [6.45, 7) is 23.9. The fourth-order valence-corrected chi connectivity index (χ4v) is 10.7. The molecule has 0 saturated heterocycles. The highest BCUT2D eigenvalue weighted by Crippen LogP contribution is 2.69. The second-order valence-corrected chi connectivity index (χ2v) is 14.8. The highest BCUT2D eigenvalue weighted by atomic mass is 32.2. The molecule has 0 aromatic carbocycles. The van der Waals surface area contributed by atoms with E-state index in [1.54, 1.807) is 5.57 Å². The Kier molecular flexibility index (Phi) is 8.32. The predicted octanol–water partition coefficient (Wildman–Crippen LogP) is 8.91. The van der Waals surface area contributed by atoms with Gasteiger partial charge in [0, 0.05) is 17.8 Å². The fourth-order valence-electron chi connectivity index (χ4n) is 9.63. The van der Waals surface area contributed by atoms with Crippen molar-refractivity contribution in [1.82, 2.24) is 0 Å². The maximum Gasteiger partial charge on any atom is 0.155 e. The molecule has 3 heteroatoms. The predicted molar refractivity (Wildman–Crippen MR) is 152 cm³/mol. The van der Waals surface area contributed by atoms with Crippen molar-refractivity contribution >= 4 is 11.8 Å². The fraction of sp³-hybridized carbons (Fsp3) is 0.875. The van der Waals surface area contributed by atoms with E-state index in [-0.39, 0.29) is 17.8 Å². The quantitative estimate of drug-likeness (QED) is 0.232. The van der Waals surface area contributed by atoms with E-state index in [1.165, 1.54) is 49.9 Å². The van der Waals surface area contributed by atoms with Gasteiger partial charge in [0.05, 0.1) is 6.10 Å². The van der Waals surface area contributed by atoms with Crippen LogP contribution in [-0.2, 0) is 9.47 Å². The molecule has 4 aliphatic rings. The van der Waals surface area contributed by atoms with Crippen LogP contribution in [0.1, 0.15) is 100 Å². The summed E-state index contributed by atoms with van der Waals surface area (Å²) in [6.07, 6.45) is 12.3. The summed E-state index contributed by atoms with van der Waals surface area (Å²) in [7, 11) is 0. The molecular weight excluding hydrogens is 448 g/mol. The molecule has 0 N–H and O–H groups in total. The normalized spacial score (nSPS) is 41.8. The zero-order valence-corrected chi connectivity index (χ0v) is 24.9. The summed E-state index contributed by atoms with van der Waals surface area (Å²) in [4.78, 5) is 0. The number of allylic oxidation sites excluding steroid dienone is 1. The molecule has 2 nitrogen and oxygen atoms in total. The van der Waals surface area contributed by atoms with Gasteiger partial charge in [0.25, 0.3) is 0 Å². The lowest BCUT2D eigenvalue weighted by Gasteiger charge is -2.61. The molecule has 3 saturated carbocycles. The standard InChI is InChI=1S/C32H54O2S/c1-10-33-23(5)34-29-16-18-32(9)27-15-17-31(8)25(22(4)20-35-19-21(2)3)12-13-26(31)24(27)11-14-28(32)30(29,6)7/h14,22-27,29H,2,10-13,15-20H2,1,3-9H3/t22-,23?,24+,25-,26+,27+,29+,31-,32-/m1/s1. The minimum Gasteiger partial charge on any atom is -0.353 e. The lowest BCUT2D eigenvalue weighted by atomic mass is 9.44. The van der Waals surface area contributed by atoms with Gasteiger partial charge in [-0.2, -0.15) is 11.8 Å². The van der Waals surface area contributed by atoms with Crippen LogP contribution in [0.3, 0.4) is 0 Å². The Morgan fingerprint density at radius 3 is 2.51 bits per heavy atom. The summed E-state index contributed by atoms with van der Waals surface area (Å²) in [6, 6.07) is 0. The van der Waals surface area contributed by atoms with Gasteiger partial charge in [-0.25, -0.2) is 0 Å². The SMILES string of the molecule is C=C(C)CSC[C@@H](C)[C@H]1CC[C@H]2[C@@H]3CC=C4C(C)(C)[C@@H](OC(C)OCC)CC[C@]4(C)[C@H]3CC[C@]12C. The van der Waals surface area contributed by atoms with Crippen molar-refractivity contribution in [2.45, 2.75) is 113 Å². The van der Waals surface area contributed by atoms with Crippen LogP contribution in [0.25, 0.3) is 0 Å². The van der Waals surface area contributed by atoms with Crippen molar-refractivity contribution in [3.05, 3.63) is 23.8 Å². The average molecular weight is 503 g/mol. The maximum absolute atomic E-state index is 6.48. The van der Waals surface area contributed by atoms with E-state index < -0.39 is 0 Å². The molecule has 3 fully saturated rings. The second kappa shape index (κ2) is 10.5. The number of thioether (sulfide) groups is 1. The van der Waals surface area contributed by atoms with Gasteiger partial charge in [0.1, 0.15) is 0 Å². The first kappa shape index (κ1) is 27.8. The van der Waals surface area contributed by atoms with Crippen molar-refractivity contribution in [2.75, 3.05) is 18.1 Å². The van der Waals surface area contributed by atoms with E-state index in [4.69, 9.17) is 9.47 Å². The van der Waals surface area contributed by atoms with E-state index in [1.807, 2.05) is 0 Å². The van der Waals surface area contributed by atoms with Crippen molar-refractivity contribution in [3.8, 4) is 0 Å². The largest absolute Gasteiger partial charge is 0.353 e. The molecule has 0 spiro atoms. The molecule has 0 amide bonds. The first-order chi connectivity index (χ1) is 16.4. The van der Waals surface area contributed by atoms with Crippen molar-refractivity contribution in [3.63, 3.8) is 0 Å². The summed E-state index contributed by atoms with van der Waals surface area (Å²) in [5, 5.41) is 0. The lowest BCUT2D eigenvalue weighted by Crippen LogP contribution is -2.55. The lowest BCUT2D eigenvalue weighted by molar-refractivity contribution is -0.193. The second-order valence-electron chi connectivity index (χ2n) is 13.7. The van der Waals surface area contributed by atoms with Gasteiger partial charge in [0.2, 0.25) is 0 Å². The Morgan fingerprint density at radius 2 is 1.83 bits per heavy atom. The average Bonchev–Trinajstić information content (AvgIpc) is 3.13. The van der Waals surface area contributed by atoms with Crippen LogP contribution in [-0.4, -0.2) is 30.5 Å². The Hall–Kier alpha value is -0.250. The van der Waals surface area contributed by atoms with E-state index in [0.29, 0.717) is 17.4 Å². The van der Waals surface area contributed by atoms with Gasteiger partial charge in [-0.15, -0.1) is 0 Å². The molecule has 9 atom stereocenters. The first-order valence-corrected chi connectivity index (χ1v) is 15.8. The minimum atomic E-state index is -0.119. The molecule has 0 aromatic rings. The molecule has 0 heterocycles. The van der Waals surface area contributed by atoms with Gasteiger partial charge in [0.15, 0.2) is 6.29 Å². The third-order valence-electron chi connectivity index (χ3n) is 11.1. The van der Waals surface area contributed by atoms with Crippen LogP contribution in [0.2, 0.25) is 0 Å². The Bertz CT molecular complexity index is 801. The molecule has 200 valence electrons. The van der Waals surface area contributed by atoms with Crippen LogP contribution >= 0.6 is 11.8 Å². The molecule has 35 heavy (non-hydrogen) atoms. The molecule has 0 aliphatic heterocycles. The van der Waals surface area contributed by atoms with Gasteiger partial charge in [-0.05, 0) is 112 Å². The van der Waals surface area contributed by atoms with Crippen molar-refractivity contribution in [1.29, 1.82) is 0 Å². The number of hydrogen-bond donors (Lipinski definition) is 0. The van der Waals surface area contributed by atoms with Gasteiger partial charge < -0.3 is 9.47 Å². The molecule has 0 aromatic heterocycles. The molecule has 4 aliphatic carbocycles. The number of rotatable bonds is 9. The zero-order chi connectivity index (χ0) is 25.6. The number of hydrogen-bond acceptors (Lipinski definition) is 3. The molecule has 1 unspecified atom stereocenters. The van der Waals surface area contributed by atoms with E-state index in [2.05, 4.69) is 79.8 Å². The highest BCUT2D eigenvalue weighted by Gasteiger charge is 2.61. The summed E-state index contributed by atoms with van der Waals surface area (Å²) >= 11 is 2.11. The van der Waals surface area contributed by atoms with Crippen molar-refractivity contribution in [2.24, 2.45) is 45.8 Å². The molecular formula is C32H54O2S. The topological polar surface area (TPSA) is 18.5 Å². The van der Waals surface area contributed by atoms with Gasteiger partial charge >= 0.3 is 0 Å². The highest BCUT2D eigenvalue weighted by molar-refractivity contribution is 7.99. The summed E-state index contributed by atoms with van der Waals surface area (Å²) in [5.41, 5.74) is 3.97. The van der Waals surface area contributed by atoms with Crippen LogP contribution in [0.5, 0.6) is 0 Å². The maximum atomic E-state index is 6.48. The summed E-state index contributed by atoms with van der Waals surface area (Å²) in [5.74, 6) is 6.75. The third-order valence-corrected chi connectivity index (χ3v) is 12.6. The van der Waals surface area contributed by atoms with Crippen LogP contribution in [0, 0.1) is 45.8 Å². The number of fused-ring (bicyclic) bond motifs is 5. The minimum absolute atomic E-state index is 0.0807. The van der Waals surface area contributed by atoms with E-state index >= 15 is 0 Å². The Morgan fingerprint density at radius 1 is 1.09 bits per heavy atom. The summed E-state index contributed by atoms with van der Waals surface area (Å²) < 4.78 is 12.2. The first-order valence-electron chi connectivity index (χ1n) is 14.7. The van der Waals surface area contributed by atoms with Crippen LogP contribution in [0.4, 0.5) is 0 Å². The number of ether oxygens (including phenoxy) is 2. The Balaban J connectivity index is 1.51. The van der Waals surface area contributed by atoms with Crippen LogP contribution in [0.15, 0.2) is 23.8 Å². The van der Waals surface area contributed by atoms with E-state index in [9.17, 15) is 0 Å².